The normalized spacial score (nSPS) is 12.3. The molecular weight excluding hydrogens is 318 g/mol. The van der Waals surface area contributed by atoms with Crippen molar-refractivity contribution < 1.29 is 9.90 Å². The summed E-state index contributed by atoms with van der Waals surface area (Å²) in [5.74, 6) is -0.505. The zero-order valence-electron chi connectivity index (χ0n) is 12.0. The van der Waals surface area contributed by atoms with Gasteiger partial charge in [-0.15, -0.1) is 0 Å². The Balaban J connectivity index is 1.67. The second-order valence-electron chi connectivity index (χ2n) is 5.13. The molecule has 0 saturated carbocycles. The lowest BCUT2D eigenvalue weighted by Crippen LogP contribution is -2.28. The van der Waals surface area contributed by atoms with Gasteiger partial charge in [-0.25, -0.2) is 4.79 Å². The van der Waals surface area contributed by atoms with E-state index in [9.17, 15) is 14.7 Å². The quantitative estimate of drug-likeness (QED) is 0.587. The Hall–Kier alpha value is -2.57. The molecule has 2 aromatic carbocycles. The third-order valence-corrected chi connectivity index (χ3v) is 3.73. The topological polar surface area (TPSA) is 98.0 Å². The summed E-state index contributed by atoms with van der Waals surface area (Å²) in [5, 5.41) is 13.2. The number of aromatic amines is 2. The number of hydrogen-bond acceptors (Lipinski definition) is 3. The fourth-order valence-electron chi connectivity index (χ4n) is 2.27. The third-order valence-electron chi connectivity index (χ3n) is 3.48. The molecule has 0 aliphatic heterocycles. The summed E-state index contributed by atoms with van der Waals surface area (Å²) in [4.78, 5) is 28.5. The monoisotopic (exact) mass is 331 g/mol. The lowest BCUT2D eigenvalue weighted by Gasteiger charge is -2.12. The molecule has 0 radical (unpaired) electrons. The Kier molecular flexibility index (Phi) is 4.18. The number of aliphatic hydroxyl groups is 1. The van der Waals surface area contributed by atoms with Crippen molar-refractivity contribution in [3.05, 3.63) is 69.1 Å². The molecule has 1 aromatic heterocycles. The first-order valence-electron chi connectivity index (χ1n) is 6.95. The van der Waals surface area contributed by atoms with Crippen molar-refractivity contribution in [3.63, 3.8) is 0 Å². The van der Waals surface area contributed by atoms with Crippen LogP contribution in [0.15, 0.2) is 47.3 Å². The van der Waals surface area contributed by atoms with Crippen LogP contribution in [-0.2, 0) is 11.3 Å². The maximum absolute atomic E-state index is 12.0. The molecule has 0 saturated heterocycles. The van der Waals surface area contributed by atoms with Gasteiger partial charge in [-0.2, -0.15) is 0 Å². The molecule has 6 nitrogen and oxygen atoms in total. The molecule has 0 bridgehead atoms. The van der Waals surface area contributed by atoms with E-state index in [-0.39, 0.29) is 12.2 Å². The van der Waals surface area contributed by atoms with Crippen LogP contribution >= 0.6 is 11.6 Å². The smallest absolute Gasteiger partial charge is 0.323 e. The summed E-state index contributed by atoms with van der Waals surface area (Å²) in [5.41, 5.74) is 2.37. The van der Waals surface area contributed by atoms with Gasteiger partial charge in [0.05, 0.1) is 11.0 Å². The highest BCUT2D eigenvalue weighted by Crippen LogP contribution is 2.17. The largest absolute Gasteiger partial charge is 0.378 e. The van der Waals surface area contributed by atoms with Crippen molar-refractivity contribution in [2.24, 2.45) is 0 Å². The summed E-state index contributed by atoms with van der Waals surface area (Å²) >= 11 is 5.78. The Morgan fingerprint density at radius 1 is 1.13 bits per heavy atom. The Morgan fingerprint density at radius 2 is 1.83 bits per heavy atom. The highest BCUT2D eigenvalue weighted by atomic mass is 35.5. The van der Waals surface area contributed by atoms with Gasteiger partial charge in [0.15, 0.2) is 6.10 Å². The highest BCUT2D eigenvalue weighted by molar-refractivity contribution is 6.30. The van der Waals surface area contributed by atoms with Gasteiger partial charge in [0.2, 0.25) is 0 Å². The number of carbonyl (C=O) groups is 1. The number of amides is 1. The molecule has 4 N–H and O–H groups in total. The van der Waals surface area contributed by atoms with Gasteiger partial charge < -0.3 is 20.4 Å². The summed E-state index contributed by atoms with van der Waals surface area (Å²) in [7, 11) is 0. The number of imidazole rings is 1. The van der Waals surface area contributed by atoms with Gasteiger partial charge in [0, 0.05) is 11.6 Å². The number of hydrogen-bond donors (Lipinski definition) is 4. The second-order valence-corrected chi connectivity index (χ2v) is 5.57. The van der Waals surface area contributed by atoms with Crippen LogP contribution in [0.5, 0.6) is 0 Å². The number of rotatable bonds is 4. The van der Waals surface area contributed by atoms with E-state index >= 15 is 0 Å². The molecule has 1 amide bonds. The van der Waals surface area contributed by atoms with Gasteiger partial charge in [-0.05, 0) is 35.4 Å². The number of H-pyrrole nitrogens is 2. The minimum Gasteiger partial charge on any atom is -0.378 e. The molecule has 1 atom stereocenters. The van der Waals surface area contributed by atoms with Gasteiger partial charge in [-0.3, -0.25) is 4.79 Å². The number of halogens is 1. The van der Waals surface area contributed by atoms with Crippen LogP contribution in [0.1, 0.15) is 17.2 Å². The molecule has 23 heavy (non-hydrogen) atoms. The molecule has 0 aliphatic rings. The van der Waals surface area contributed by atoms with Crippen LogP contribution in [0.2, 0.25) is 5.02 Å². The second kappa shape index (κ2) is 6.28. The zero-order valence-corrected chi connectivity index (χ0v) is 12.7. The van der Waals surface area contributed by atoms with E-state index in [1.54, 1.807) is 42.5 Å². The number of nitrogens with one attached hydrogen (secondary N) is 3. The minimum absolute atomic E-state index is 0.243. The van der Waals surface area contributed by atoms with E-state index in [1.165, 1.54) is 0 Å². The first kappa shape index (κ1) is 15.3. The van der Waals surface area contributed by atoms with Crippen molar-refractivity contribution in [2.75, 3.05) is 0 Å². The van der Waals surface area contributed by atoms with Crippen molar-refractivity contribution in [1.29, 1.82) is 0 Å². The van der Waals surface area contributed by atoms with Gasteiger partial charge in [0.25, 0.3) is 5.91 Å². The lowest BCUT2D eigenvalue weighted by atomic mass is 10.1. The van der Waals surface area contributed by atoms with E-state index in [1.807, 2.05) is 0 Å². The predicted molar refractivity (Wildman–Crippen MR) is 87.2 cm³/mol. The van der Waals surface area contributed by atoms with E-state index in [0.717, 1.165) is 5.56 Å². The van der Waals surface area contributed by atoms with Crippen molar-refractivity contribution in [3.8, 4) is 0 Å². The van der Waals surface area contributed by atoms with E-state index in [0.29, 0.717) is 21.6 Å². The van der Waals surface area contributed by atoms with Crippen LogP contribution in [0.25, 0.3) is 11.0 Å². The third kappa shape index (κ3) is 3.44. The van der Waals surface area contributed by atoms with Gasteiger partial charge >= 0.3 is 5.69 Å². The summed E-state index contributed by atoms with van der Waals surface area (Å²) in [6, 6.07) is 11.7. The lowest BCUT2D eigenvalue weighted by molar-refractivity contribution is -0.129. The fourth-order valence-corrected chi connectivity index (χ4v) is 2.40. The molecule has 7 heteroatoms. The Morgan fingerprint density at radius 3 is 2.57 bits per heavy atom. The molecule has 3 rings (SSSR count). The fraction of sp³-hybridized carbons (Fsp3) is 0.125. The minimum atomic E-state index is -1.26. The molecular formula is C16H14ClN3O3. The summed E-state index contributed by atoms with van der Waals surface area (Å²) in [6.45, 7) is 0.243. The molecule has 118 valence electrons. The van der Waals surface area contributed by atoms with Gasteiger partial charge in [-0.1, -0.05) is 29.8 Å². The molecule has 3 aromatic rings. The van der Waals surface area contributed by atoms with E-state index in [4.69, 9.17) is 11.6 Å². The van der Waals surface area contributed by atoms with Crippen molar-refractivity contribution >= 4 is 28.5 Å². The van der Waals surface area contributed by atoms with Gasteiger partial charge in [0.1, 0.15) is 0 Å². The van der Waals surface area contributed by atoms with E-state index < -0.39 is 12.0 Å². The van der Waals surface area contributed by atoms with E-state index in [2.05, 4.69) is 15.3 Å². The SMILES string of the molecule is O=C(NCc1ccc2[nH]c(=O)[nH]c2c1)[C@H](O)c1ccc(Cl)cc1. The average molecular weight is 332 g/mol. The van der Waals surface area contributed by atoms with Crippen LogP contribution in [0.3, 0.4) is 0 Å². The average Bonchev–Trinajstić information content (AvgIpc) is 2.92. The zero-order chi connectivity index (χ0) is 16.4. The molecule has 0 unspecified atom stereocenters. The Bertz CT molecular complexity index is 899. The maximum Gasteiger partial charge on any atom is 0.323 e. The van der Waals surface area contributed by atoms with Crippen LogP contribution in [0.4, 0.5) is 0 Å². The predicted octanol–water partition coefficient (Wildman–Crippen LogP) is 1.86. The number of aliphatic hydroxyl groups excluding tert-OH is 1. The van der Waals surface area contributed by atoms with Crippen LogP contribution in [0, 0.1) is 0 Å². The molecule has 0 aliphatic carbocycles. The first-order chi connectivity index (χ1) is 11.0. The molecule has 0 spiro atoms. The highest BCUT2D eigenvalue weighted by Gasteiger charge is 2.16. The first-order valence-corrected chi connectivity index (χ1v) is 7.33. The number of fused-ring (bicyclic) bond motifs is 1. The maximum atomic E-state index is 12.0. The summed E-state index contributed by atoms with van der Waals surface area (Å²) in [6.07, 6.45) is -1.26. The standard InChI is InChI=1S/C16H14ClN3O3/c17-11-4-2-10(3-5-11)14(21)15(22)18-8-9-1-6-12-13(7-9)20-16(23)19-12/h1-7,14,21H,8H2,(H,18,22)(H2,19,20,23)/t14-/m1/s1. The van der Waals surface area contributed by atoms with Crippen LogP contribution < -0.4 is 11.0 Å². The number of aromatic nitrogens is 2. The van der Waals surface area contributed by atoms with Crippen LogP contribution in [-0.4, -0.2) is 21.0 Å². The Labute approximate surface area is 136 Å². The molecule has 1 heterocycles. The summed E-state index contributed by atoms with van der Waals surface area (Å²) < 4.78 is 0. The number of carbonyl (C=O) groups excluding carboxylic acids is 1. The molecule has 0 fully saturated rings. The van der Waals surface area contributed by atoms with Crippen molar-refractivity contribution in [2.45, 2.75) is 12.6 Å². The number of benzene rings is 2. The van der Waals surface area contributed by atoms with Crippen molar-refractivity contribution in [1.82, 2.24) is 15.3 Å².